The fourth-order valence-electron chi connectivity index (χ4n) is 3.01. The van der Waals surface area contributed by atoms with E-state index in [-0.39, 0.29) is 19.0 Å². The Labute approximate surface area is 184 Å². The lowest BCUT2D eigenvalue weighted by atomic mass is 10.1. The number of hydrogen-bond acceptors (Lipinski definition) is 7. The number of benzene rings is 2. The number of hydrogen-bond donors (Lipinski definition) is 1. The molecule has 0 aromatic heterocycles. The molecule has 1 fully saturated rings. The van der Waals surface area contributed by atoms with E-state index in [1.165, 1.54) is 0 Å². The monoisotopic (exact) mass is 452 g/mol. The summed E-state index contributed by atoms with van der Waals surface area (Å²) < 4.78 is 16.4. The van der Waals surface area contributed by atoms with Gasteiger partial charge in [-0.1, -0.05) is 23.2 Å². The Bertz CT molecular complexity index is 861. The molecule has 2 aromatic rings. The minimum atomic E-state index is -0.800. The summed E-state index contributed by atoms with van der Waals surface area (Å²) in [5.41, 5.74) is 0. The highest BCUT2D eigenvalue weighted by Crippen LogP contribution is 2.18. The van der Waals surface area contributed by atoms with E-state index in [9.17, 15) is 9.59 Å². The van der Waals surface area contributed by atoms with Crippen molar-refractivity contribution in [3.05, 3.63) is 58.6 Å². The van der Waals surface area contributed by atoms with E-state index in [0.717, 1.165) is 0 Å². The van der Waals surface area contributed by atoms with Gasteiger partial charge in [-0.05, 0) is 55.6 Å². The number of carbonyl (C=O) groups is 2. The molecule has 160 valence electrons. The second-order valence-corrected chi connectivity index (χ2v) is 7.61. The average molecular weight is 453 g/mol. The number of piperazine rings is 1. The van der Waals surface area contributed by atoms with E-state index < -0.39 is 18.2 Å². The molecule has 2 atom stereocenters. The van der Waals surface area contributed by atoms with Gasteiger partial charge in [-0.25, -0.2) is 4.79 Å². The van der Waals surface area contributed by atoms with Crippen LogP contribution in [-0.2, 0) is 14.3 Å². The van der Waals surface area contributed by atoms with Crippen molar-refractivity contribution in [3.8, 4) is 11.5 Å². The predicted molar refractivity (Wildman–Crippen MR) is 113 cm³/mol. The fraction of sp³-hybridized carbons (Fsp3) is 0.333. The van der Waals surface area contributed by atoms with Gasteiger partial charge in [0.1, 0.15) is 24.1 Å². The van der Waals surface area contributed by atoms with Crippen LogP contribution in [0.15, 0.2) is 48.5 Å². The molecule has 2 unspecified atom stereocenters. The standard InChI is InChI=1S/C21H22Cl2N2O5/c1-25-11-10-24-21(30-19(27)13-29-17-8-4-15(23)5-9-17)20(25)18(26)12-28-16-6-2-14(22)3-7-16/h2-9,20-21,24H,10-13H2,1H3. The van der Waals surface area contributed by atoms with E-state index in [0.29, 0.717) is 34.6 Å². The lowest BCUT2D eigenvalue weighted by Gasteiger charge is -2.37. The summed E-state index contributed by atoms with van der Waals surface area (Å²) in [6.45, 7) is 0.764. The summed E-state index contributed by atoms with van der Waals surface area (Å²) in [4.78, 5) is 26.9. The number of ether oxygens (including phenoxy) is 3. The molecule has 30 heavy (non-hydrogen) atoms. The van der Waals surface area contributed by atoms with Gasteiger partial charge in [-0.3, -0.25) is 15.0 Å². The smallest absolute Gasteiger partial charge is 0.345 e. The Balaban J connectivity index is 1.54. The number of nitrogens with one attached hydrogen (secondary N) is 1. The lowest BCUT2D eigenvalue weighted by Crippen LogP contribution is -2.62. The van der Waals surface area contributed by atoms with Crippen LogP contribution in [0.2, 0.25) is 10.0 Å². The zero-order valence-electron chi connectivity index (χ0n) is 16.3. The van der Waals surface area contributed by atoms with Crippen LogP contribution >= 0.6 is 23.2 Å². The van der Waals surface area contributed by atoms with Crippen LogP contribution in [0.5, 0.6) is 11.5 Å². The van der Waals surface area contributed by atoms with Gasteiger partial charge in [0, 0.05) is 23.1 Å². The highest BCUT2D eigenvalue weighted by Gasteiger charge is 2.37. The van der Waals surface area contributed by atoms with Crippen molar-refractivity contribution in [1.82, 2.24) is 10.2 Å². The molecule has 0 saturated carbocycles. The maximum Gasteiger partial charge on any atom is 0.345 e. The number of Topliss-reactive ketones (excluding diaryl/α,β-unsaturated/α-hetero) is 1. The predicted octanol–water partition coefficient (Wildman–Crippen LogP) is 2.79. The van der Waals surface area contributed by atoms with Gasteiger partial charge in [-0.15, -0.1) is 0 Å². The fourth-order valence-corrected chi connectivity index (χ4v) is 3.26. The van der Waals surface area contributed by atoms with Crippen LogP contribution in [0, 0.1) is 0 Å². The highest BCUT2D eigenvalue weighted by atomic mass is 35.5. The molecule has 2 aromatic carbocycles. The van der Waals surface area contributed by atoms with E-state index in [2.05, 4.69) is 5.32 Å². The Hall–Kier alpha value is -2.32. The molecule has 1 N–H and O–H groups in total. The molecule has 0 amide bonds. The van der Waals surface area contributed by atoms with Crippen LogP contribution < -0.4 is 14.8 Å². The number of esters is 1. The zero-order chi connectivity index (χ0) is 21.5. The van der Waals surface area contributed by atoms with Crippen LogP contribution in [0.3, 0.4) is 0 Å². The molecule has 1 heterocycles. The summed E-state index contributed by atoms with van der Waals surface area (Å²) in [5.74, 6) is 0.225. The minimum Gasteiger partial charge on any atom is -0.486 e. The second kappa shape index (κ2) is 10.6. The first kappa shape index (κ1) is 22.4. The third-order valence-electron chi connectivity index (χ3n) is 4.53. The van der Waals surface area contributed by atoms with Gasteiger partial charge >= 0.3 is 5.97 Å². The molecule has 0 radical (unpaired) electrons. The van der Waals surface area contributed by atoms with Crippen molar-refractivity contribution < 1.29 is 23.8 Å². The van der Waals surface area contributed by atoms with Crippen LogP contribution in [0.25, 0.3) is 0 Å². The van der Waals surface area contributed by atoms with Gasteiger partial charge in [0.2, 0.25) is 0 Å². The van der Waals surface area contributed by atoms with E-state index >= 15 is 0 Å². The first-order valence-electron chi connectivity index (χ1n) is 9.35. The molecule has 1 aliphatic heterocycles. The number of carbonyl (C=O) groups excluding carboxylic acids is 2. The lowest BCUT2D eigenvalue weighted by molar-refractivity contribution is -0.161. The van der Waals surface area contributed by atoms with E-state index in [4.69, 9.17) is 37.4 Å². The Morgan fingerprint density at radius 2 is 1.50 bits per heavy atom. The number of nitrogens with zero attached hydrogens (tertiary/aromatic N) is 1. The van der Waals surface area contributed by atoms with E-state index in [1.807, 2.05) is 4.90 Å². The van der Waals surface area contributed by atoms with Crippen molar-refractivity contribution in [1.29, 1.82) is 0 Å². The maximum absolute atomic E-state index is 12.8. The number of ketones is 1. The summed E-state index contributed by atoms with van der Waals surface area (Å²) in [5, 5.41) is 4.22. The van der Waals surface area contributed by atoms with E-state index in [1.54, 1.807) is 55.6 Å². The van der Waals surface area contributed by atoms with Gasteiger partial charge in [0.05, 0.1) is 0 Å². The number of likely N-dealkylation sites (N-methyl/N-ethyl adjacent to an activating group) is 1. The van der Waals surface area contributed by atoms with Gasteiger partial charge in [0.15, 0.2) is 18.6 Å². The molecule has 0 bridgehead atoms. The van der Waals surface area contributed by atoms with Crippen LogP contribution in [-0.4, -0.2) is 62.3 Å². The molecule has 0 aliphatic carbocycles. The Morgan fingerprint density at radius 1 is 0.967 bits per heavy atom. The Morgan fingerprint density at radius 3 is 2.07 bits per heavy atom. The second-order valence-electron chi connectivity index (χ2n) is 6.74. The third-order valence-corrected chi connectivity index (χ3v) is 5.03. The highest BCUT2D eigenvalue weighted by molar-refractivity contribution is 6.30. The Kier molecular flexibility index (Phi) is 7.93. The molecule has 7 nitrogen and oxygen atoms in total. The first-order valence-corrected chi connectivity index (χ1v) is 10.1. The van der Waals surface area contributed by atoms with Crippen molar-refractivity contribution in [2.24, 2.45) is 0 Å². The van der Waals surface area contributed by atoms with Crippen molar-refractivity contribution in [2.75, 3.05) is 33.4 Å². The van der Waals surface area contributed by atoms with Crippen LogP contribution in [0.1, 0.15) is 0 Å². The topological polar surface area (TPSA) is 77.1 Å². The van der Waals surface area contributed by atoms with Gasteiger partial charge in [0.25, 0.3) is 0 Å². The summed E-state index contributed by atoms with van der Waals surface area (Å²) in [6.07, 6.45) is -0.800. The average Bonchev–Trinajstić information content (AvgIpc) is 2.73. The molecular formula is C21H22Cl2N2O5. The number of halogens is 2. The molecule has 0 spiro atoms. The molecule has 1 aliphatic rings. The van der Waals surface area contributed by atoms with Crippen molar-refractivity contribution >= 4 is 35.0 Å². The van der Waals surface area contributed by atoms with Gasteiger partial charge < -0.3 is 14.2 Å². The summed E-state index contributed by atoms with van der Waals surface area (Å²) in [7, 11) is 1.80. The largest absolute Gasteiger partial charge is 0.486 e. The van der Waals surface area contributed by atoms with Gasteiger partial charge in [-0.2, -0.15) is 0 Å². The SMILES string of the molecule is CN1CCNC(OC(=O)COc2ccc(Cl)cc2)C1C(=O)COc1ccc(Cl)cc1. The molecular weight excluding hydrogens is 431 g/mol. The van der Waals surface area contributed by atoms with Crippen molar-refractivity contribution in [3.63, 3.8) is 0 Å². The molecule has 9 heteroatoms. The number of rotatable bonds is 8. The zero-order valence-corrected chi connectivity index (χ0v) is 17.9. The quantitative estimate of drug-likeness (QED) is 0.616. The first-order chi connectivity index (χ1) is 14.4. The minimum absolute atomic E-state index is 0.159. The van der Waals surface area contributed by atoms with Crippen LogP contribution in [0.4, 0.5) is 0 Å². The normalized spacial score (nSPS) is 19.2. The maximum atomic E-state index is 12.8. The molecule has 1 saturated heterocycles. The third kappa shape index (κ3) is 6.34. The van der Waals surface area contributed by atoms with Crippen molar-refractivity contribution in [2.45, 2.75) is 12.3 Å². The summed E-state index contributed by atoms with van der Waals surface area (Å²) in [6, 6.07) is 12.7. The molecule has 3 rings (SSSR count). The summed E-state index contributed by atoms with van der Waals surface area (Å²) >= 11 is 11.7.